The van der Waals surface area contributed by atoms with Gasteiger partial charge in [0.25, 0.3) is 5.91 Å². The maximum absolute atomic E-state index is 12.9. The quantitative estimate of drug-likeness (QED) is 0.820. The number of halogens is 3. The van der Waals surface area contributed by atoms with Gasteiger partial charge in [0, 0.05) is 10.0 Å². The number of aromatic nitrogens is 1. The molecule has 0 aliphatic carbocycles. The summed E-state index contributed by atoms with van der Waals surface area (Å²) in [6, 6.07) is 6.74. The number of amides is 1. The molecule has 1 amide bonds. The fraction of sp³-hybridized carbons (Fsp3) is 0. The molecule has 0 saturated carbocycles. The van der Waals surface area contributed by atoms with Crippen LogP contribution in [-0.4, -0.2) is 10.9 Å². The first kappa shape index (κ1) is 13.8. The molecule has 0 radical (unpaired) electrons. The van der Waals surface area contributed by atoms with Gasteiger partial charge >= 0.3 is 0 Å². The van der Waals surface area contributed by atoms with E-state index in [0.717, 1.165) is 0 Å². The number of carbonyl (C=O) groups excluding carboxylic acids is 1. The Bertz CT molecular complexity index is 631. The summed E-state index contributed by atoms with van der Waals surface area (Å²) in [7, 11) is 0. The van der Waals surface area contributed by atoms with E-state index >= 15 is 0 Å². The third-order valence-corrected chi connectivity index (χ3v) is 3.11. The Kier molecular flexibility index (Phi) is 4.01. The van der Waals surface area contributed by atoms with Gasteiger partial charge in [-0.15, -0.1) is 0 Å². The highest BCUT2D eigenvalue weighted by molar-refractivity contribution is 9.10. The van der Waals surface area contributed by atoms with Gasteiger partial charge in [0.2, 0.25) is 0 Å². The second-order valence-electron chi connectivity index (χ2n) is 3.68. The van der Waals surface area contributed by atoms with Crippen molar-refractivity contribution in [3.05, 3.63) is 51.3 Å². The van der Waals surface area contributed by atoms with Crippen molar-refractivity contribution in [3.63, 3.8) is 0 Å². The number of pyridine rings is 1. The van der Waals surface area contributed by atoms with Crippen LogP contribution in [0.1, 0.15) is 10.4 Å². The van der Waals surface area contributed by atoms with E-state index in [2.05, 4.69) is 26.2 Å². The minimum absolute atomic E-state index is 0.128. The summed E-state index contributed by atoms with van der Waals surface area (Å²) in [6.07, 6.45) is 0. The minimum atomic E-state index is -0.414. The van der Waals surface area contributed by atoms with E-state index < -0.39 is 11.7 Å². The van der Waals surface area contributed by atoms with Gasteiger partial charge < -0.3 is 11.1 Å². The van der Waals surface area contributed by atoms with E-state index in [0.29, 0.717) is 10.2 Å². The van der Waals surface area contributed by atoms with Crippen molar-refractivity contribution in [1.82, 2.24) is 4.98 Å². The monoisotopic (exact) mass is 343 g/mol. The van der Waals surface area contributed by atoms with E-state index in [4.69, 9.17) is 17.3 Å². The SMILES string of the molecule is Nc1cc(C(=O)Nc2ccc(F)cc2Br)cc(Cl)n1. The molecule has 2 aromatic rings. The average molecular weight is 345 g/mol. The van der Waals surface area contributed by atoms with Crippen LogP contribution in [0.3, 0.4) is 0 Å². The molecule has 1 aromatic carbocycles. The van der Waals surface area contributed by atoms with Crippen molar-refractivity contribution < 1.29 is 9.18 Å². The number of anilines is 2. The van der Waals surface area contributed by atoms with Crippen molar-refractivity contribution in [2.45, 2.75) is 0 Å². The maximum atomic E-state index is 12.9. The van der Waals surface area contributed by atoms with Crippen molar-refractivity contribution >= 4 is 44.9 Å². The molecule has 19 heavy (non-hydrogen) atoms. The number of rotatable bonds is 2. The van der Waals surface area contributed by atoms with E-state index in [1.54, 1.807) is 0 Å². The summed E-state index contributed by atoms with van der Waals surface area (Å²) < 4.78 is 13.4. The van der Waals surface area contributed by atoms with Crippen molar-refractivity contribution in [1.29, 1.82) is 0 Å². The maximum Gasteiger partial charge on any atom is 0.255 e. The van der Waals surface area contributed by atoms with Crippen LogP contribution < -0.4 is 11.1 Å². The first-order valence-electron chi connectivity index (χ1n) is 5.15. The molecule has 1 aromatic heterocycles. The van der Waals surface area contributed by atoms with E-state index in [9.17, 15) is 9.18 Å². The lowest BCUT2D eigenvalue weighted by Gasteiger charge is -2.08. The van der Waals surface area contributed by atoms with Gasteiger partial charge in [-0.05, 0) is 46.3 Å². The Morgan fingerprint density at radius 3 is 2.74 bits per heavy atom. The summed E-state index contributed by atoms with van der Waals surface area (Å²) in [5, 5.41) is 2.74. The third kappa shape index (κ3) is 3.42. The van der Waals surface area contributed by atoms with Crippen molar-refractivity contribution in [2.75, 3.05) is 11.1 Å². The lowest BCUT2D eigenvalue weighted by atomic mass is 10.2. The molecule has 0 aliphatic heterocycles. The molecule has 0 aliphatic rings. The lowest BCUT2D eigenvalue weighted by molar-refractivity contribution is 0.102. The molecule has 0 bridgehead atoms. The zero-order valence-electron chi connectivity index (χ0n) is 9.45. The van der Waals surface area contributed by atoms with Crippen LogP contribution in [0.15, 0.2) is 34.8 Å². The summed E-state index contributed by atoms with van der Waals surface area (Å²) in [6.45, 7) is 0. The summed E-state index contributed by atoms with van der Waals surface area (Å²) in [5.74, 6) is -0.666. The fourth-order valence-corrected chi connectivity index (χ4v) is 2.10. The van der Waals surface area contributed by atoms with Gasteiger partial charge in [0.15, 0.2) is 0 Å². The molecule has 98 valence electrons. The molecule has 1 heterocycles. The molecule has 0 saturated heterocycles. The summed E-state index contributed by atoms with van der Waals surface area (Å²) >= 11 is 8.88. The van der Waals surface area contributed by atoms with Crippen molar-refractivity contribution in [2.24, 2.45) is 0 Å². The predicted octanol–water partition coefficient (Wildman–Crippen LogP) is 3.47. The zero-order chi connectivity index (χ0) is 14.0. The molecular formula is C12H8BrClFN3O. The van der Waals surface area contributed by atoms with E-state index in [1.807, 2.05) is 0 Å². The second kappa shape index (κ2) is 5.54. The average Bonchev–Trinajstić information content (AvgIpc) is 2.31. The smallest absolute Gasteiger partial charge is 0.255 e. The standard InChI is InChI=1S/C12H8BrClFN3O/c13-8-5-7(15)1-2-9(8)17-12(19)6-3-10(14)18-11(16)4-6/h1-5H,(H2,16,18)(H,17,19). The highest BCUT2D eigenvalue weighted by Gasteiger charge is 2.10. The third-order valence-electron chi connectivity index (χ3n) is 2.26. The van der Waals surface area contributed by atoms with Crippen LogP contribution in [0.4, 0.5) is 15.9 Å². The molecule has 2 rings (SSSR count). The molecule has 0 fully saturated rings. The molecule has 4 nitrogen and oxygen atoms in total. The molecular weight excluding hydrogens is 337 g/mol. The topological polar surface area (TPSA) is 68.0 Å². The van der Waals surface area contributed by atoms with Crippen LogP contribution in [0.2, 0.25) is 5.15 Å². The number of nitrogens with zero attached hydrogens (tertiary/aromatic N) is 1. The summed E-state index contributed by atoms with van der Waals surface area (Å²) in [5.41, 5.74) is 6.22. The van der Waals surface area contributed by atoms with Crippen LogP contribution in [0.5, 0.6) is 0 Å². The molecule has 0 spiro atoms. The Balaban J connectivity index is 2.25. The van der Waals surface area contributed by atoms with Gasteiger partial charge in [0.05, 0.1) is 5.69 Å². The first-order chi connectivity index (χ1) is 8.95. The Morgan fingerprint density at radius 2 is 2.11 bits per heavy atom. The van der Waals surface area contributed by atoms with Gasteiger partial charge in [-0.25, -0.2) is 9.37 Å². The minimum Gasteiger partial charge on any atom is -0.384 e. The first-order valence-corrected chi connectivity index (χ1v) is 6.32. The normalized spacial score (nSPS) is 10.3. The van der Waals surface area contributed by atoms with Crippen LogP contribution in [0.25, 0.3) is 0 Å². The van der Waals surface area contributed by atoms with Gasteiger partial charge in [-0.3, -0.25) is 4.79 Å². The predicted molar refractivity (Wildman–Crippen MR) is 75.7 cm³/mol. The van der Waals surface area contributed by atoms with Gasteiger partial charge in [0.1, 0.15) is 16.8 Å². The highest BCUT2D eigenvalue weighted by atomic mass is 79.9. The van der Waals surface area contributed by atoms with Crippen LogP contribution >= 0.6 is 27.5 Å². The van der Waals surface area contributed by atoms with Crippen LogP contribution in [0, 0.1) is 5.82 Å². The zero-order valence-corrected chi connectivity index (χ0v) is 11.8. The van der Waals surface area contributed by atoms with Crippen molar-refractivity contribution in [3.8, 4) is 0 Å². The Morgan fingerprint density at radius 1 is 1.37 bits per heavy atom. The number of nitrogens with two attached hydrogens (primary N) is 1. The largest absolute Gasteiger partial charge is 0.384 e. The molecule has 0 unspecified atom stereocenters. The number of carbonyl (C=O) groups is 1. The number of hydrogen-bond acceptors (Lipinski definition) is 3. The van der Waals surface area contributed by atoms with Gasteiger partial charge in [-0.1, -0.05) is 11.6 Å². The van der Waals surface area contributed by atoms with Crippen LogP contribution in [-0.2, 0) is 0 Å². The summed E-state index contributed by atoms with van der Waals surface area (Å²) in [4.78, 5) is 15.7. The molecule has 7 heteroatoms. The second-order valence-corrected chi connectivity index (χ2v) is 4.92. The Labute approximate surface area is 121 Å². The number of nitrogen functional groups attached to an aromatic ring is 1. The number of hydrogen-bond donors (Lipinski definition) is 2. The highest BCUT2D eigenvalue weighted by Crippen LogP contribution is 2.24. The molecule has 3 N–H and O–H groups in total. The van der Waals surface area contributed by atoms with E-state index in [1.165, 1.54) is 30.3 Å². The number of nitrogens with one attached hydrogen (secondary N) is 1. The number of benzene rings is 1. The van der Waals surface area contributed by atoms with E-state index in [-0.39, 0.29) is 16.5 Å². The Hall–Kier alpha value is -1.66. The molecule has 0 atom stereocenters. The fourth-order valence-electron chi connectivity index (χ4n) is 1.43. The van der Waals surface area contributed by atoms with Gasteiger partial charge in [-0.2, -0.15) is 0 Å². The lowest BCUT2D eigenvalue weighted by Crippen LogP contribution is -2.13.